The van der Waals surface area contributed by atoms with Gasteiger partial charge >= 0.3 is 0 Å². The summed E-state index contributed by atoms with van der Waals surface area (Å²) in [6.45, 7) is 0.0189. The summed E-state index contributed by atoms with van der Waals surface area (Å²) in [6.07, 6.45) is 0.952. The maximum atomic E-state index is 13.8. The summed E-state index contributed by atoms with van der Waals surface area (Å²) in [7, 11) is -3.84. The zero-order valence-electron chi connectivity index (χ0n) is 18.1. The van der Waals surface area contributed by atoms with Crippen molar-refractivity contribution < 1.29 is 31.1 Å². The van der Waals surface area contributed by atoms with Crippen LogP contribution in [0.4, 0.5) is 13.2 Å². The van der Waals surface area contributed by atoms with Gasteiger partial charge in [0.25, 0.3) is 10.0 Å². The monoisotopic (exact) mass is 544 g/mol. The maximum absolute atomic E-state index is 13.8. The molecule has 0 bridgehead atoms. The number of benzene rings is 2. The lowest BCUT2D eigenvalue weighted by atomic mass is 10.2. The molecule has 1 amide bonds. The zero-order chi connectivity index (χ0) is 25.2. The molecule has 0 unspecified atom stereocenters. The van der Waals surface area contributed by atoms with E-state index in [4.69, 9.17) is 16.3 Å². The number of carbonyl (C=O) groups is 1. The van der Waals surface area contributed by atoms with Gasteiger partial charge in [-0.05, 0) is 54.8 Å². The van der Waals surface area contributed by atoms with Crippen molar-refractivity contribution >= 4 is 38.9 Å². The van der Waals surface area contributed by atoms with Crippen LogP contribution in [0.1, 0.15) is 24.0 Å². The average molecular weight is 545 g/mol. The molecule has 0 spiro atoms. The van der Waals surface area contributed by atoms with E-state index in [0.717, 1.165) is 23.5 Å². The minimum atomic E-state index is -3.84. The van der Waals surface area contributed by atoms with Crippen molar-refractivity contribution in [1.29, 1.82) is 0 Å². The minimum absolute atomic E-state index is 0.0875. The van der Waals surface area contributed by atoms with E-state index in [1.807, 2.05) is 0 Å². The van der Waals surface area contributed by atoms with E-state index in [0.29, 0.717) is 28.5 Å². The summed E-state index contributed by atoms with van der Waals surface area (Å²) in [5.74, 6) is -4.25. The summed E-state index contributed by atoms with van der Waals surface area (Å²) < 4.78 is 73.3. The molecular weight excluding hydrogens is 525 g/mol. The summed E-state index contributed by atoms with van der Waals surface area (Å²) in [5, 5.41) is 2.75. The van der Waals surface area contributed by atoms with Crippen molar-refractivity contribution in [3.63, 3.8) is 0 Å². The molecule has 3 aromatic rings. The van der Waals surface area contributed by atoms with Crippen molar-refractivity contribution in [1.82, 2.24) is 9.62 Å². The van der Waals surface area contributed by atoms with Crippen molar-refractivity contribution in [3.05, 3.63) is 81.4 Å². The lowest BCUT2D eigenvalue weighted by Gasteiger charge is -2.22. The van der Waals surface area contributed by atoms with E-state index in [2.05, 4.69) is 5.32 Å². The van der Waals surface area contributed by atoms with Crippen molar-refractivity contribution in [2.24, 2.45) is 0 Å². The van der Waals surface area contributed by atoms with Gasteiger partial charge in [0.05, 0.1) is 4.34 Å². The molecule has 1 aliphatic rings. The predicted octanol–water partition coefficient (Wildman–Crippen LogP) is 4.87. The number of thiophene rings is 1. The molecule has 1 aromatic heterocycles. The number of halogens is 4. The SMILES string of the molecule is O=C(NCc1cccc(OCc2ccc(F)c(F)c2F)c1)[C@@H]1CCCN1S(=O)(=O)c1ccc(Cl)s1. The number of sulfonamides is 1. The molecule has 1 N–H and O–H groups in total. The molecule has 1 fully saturated rings. The van der Waals surface area contributed by atoms with E-state index in [1.165, 1.54) is 16.4 Å². The molecule has 2 heterocycles. The summed E-state index contributed by atoms with van der Waals surface area (Å²) in [4.78, 5) is 12.8. The number of hydrogen-bond donors (Lipinski definition) is 1. The second-order valence-corrected chi connectivity index (χ2v) is 11.7. The van der Waals surface area contributed by atoms with Crippen molar-refractivity contribution in [2.45, 2.75) is 36.2 Å². The fraction of sp³-hybridized carbons (Fsp3) is 0.261. The molecule has 12 heteroatoms. The molecular formula is C23H20ClF3N2O4S2. The Morgan fingerprint density at radius 1 is 1.14 bits per heavy atom. The number of hydrogen-bond acceptors (Lipinski definition) is 5. The number of ether oxygens (including phenoxy) is 1. The van der Waals surface area contributed by atoms with Gasteiger partial charge < -0.3 is 10.1 Å². The molecule has 35 heavy (non-hydrogen) atoms. The molecule has 186 valence electrons. The highest BCUT2D eigenvalue weighted by Gasteiger charge is 2.40. The number of nitrogens with one attached hydrogen (secondary N) is 1. The molecule has 6 nitrogen and oxygen atoms in total. The van der Waals surface area contributed by atoms with Crippen LogP contribution < -0.4 is 10.1 Å². The van der Waals surface area contributed by atoms with Crippen LogP contribution in [-0.2, 0) is 28.0 Å². The highest BCUT2D eigenvalue weighted by molar-refractivity contribution is 7.91. The lowest BCUT2D eigenvalue weighted by molar-refractivity contribution is -0.124. The zero-order valence-corrected chi connectivity index (χ0v) is 20.5. The molecule has 1 aliphatic heterocycles. The second-order valence-electron chi connectivity index (χ2n) is 7.82. The number of carbonyl (C=O) groups excluding carboxylic acids is 1. The second kappa shape index (κ2) is 10.6. The van der Waals surface area contributed by atoms with Gasteiger partial charge in [-0.1, -0.05) is 23.7 Å². The van der Waals surface area contributed by atoms with Crippen LogP contribution in [0.25, 0.3) is 0 Å². The van der Waals surface area contributed by atoms with Gasteiger partial charge in [0, 0.05) is 18.7 Å². The summed E-state index contributed by atoms with van der Waals surface area (Å²) in [5.41, 5.74) is 0.510. The van der Waals surface area contributed by atoms with Gasteiger partial charge in [-0.15, -0.1) is 11.3 Å². The Hall–Kier alpha value is -2.60. The smallest absolute Gasteiger partial charge is 0.253 e. The molecule has 4 rings (SSSR count). The highest BCUT2D eigenvalue weighted by Crippen LogP contribution is 2.32. The van der Waals surface area contributed by atoms with Crippen molar-refractivity contribution in [2.75, 3.05) is 6.54 Å². The van der Waals surface area contributed by atoms with E-state index in [9.17, 15) is 26.4 Å². The topological polar surface area (TPSA) is 75.7 Å². The first-order valence-electron chi connectivity index (χ1n) is 10.6. The first-order chi connectivity index (χ1) is 16.7. The lowest BCUT2D eigenvalue weighted by Crippen LogP contribution is -2.45. The average Bonchev–Trinajstić information content (AvgIpc) is 3.51. The third-order valence-electron chi connectivity index (χ3n) is 5.49. The Bertz CT molecular complexity index is 1350. The number of rotatable bonds is 8. The third kappa shape index (κ3) is 5.64. The predicted molar refractivity (Wildman–Crippen MR) is 125 cm³/mol. The molecule has 1 atom stereocenters. The normalized spacial score (nSPS) is 16.4. The highest BCUT2D eigenvalue weighted by atomic mass is 35.5. The standard InChI is InChI=1S/C23H20ClF3N2O4S2/c24-19-8-9-20(34-19)35(31,32)29-10-2-5-18(29)23(30)28-12-14-3-1-4-16(11-14)33-13-15-6-7-17(25)22(27)21(15)26/h1,3-4,6-9,11,18H,2,5,10,12-13H2,(H,28,30)/t18-/m0/s1. The Balaban J connectivity index is 1.38. The first kappa shape index (κ1) is 25.5. The first-order valence-corrected chi connectivity index (χ1v) is 13.2. The van der Waals surface area contributed by atoms with Gasteiger partial charge in [-0.3, -0.25) is 4.79 Å². The number of nitrogens with zero attached hydrogens (tertiary/aromatic N) is 1. The minimum Gasteiger partial charge on any atom is -0.489 e. The van der Waals surface area contributed by atoms with Crippen LogP contribution in [0.3, 0.4) is 0 Å². The molecule has 0 aliphatic carbocycles. The largest absolute Gasteiger partial charge is 0.489 e. The van der Waals surface area contributed by atoms with Crippen LogP contribution in [0.2, 0.25) is 4.34 Å². The third-order valence-corrected chi connectivity index (χ3v) is 9.10. The van der Waals surface area contributed by atoms with E-state index >= 15 is 0 Å². The van der Waals surface area contributed by atoms with E-state index < -0.39 is 39.4 Å². The van der Waals surface area contributed by atoms with Gasteiger partial charge in [0.1, 0.15) is 22.6 Å². The summed E-state index contributed by atoms with van der Waals surface area (Å²) in [6, 6.07) is 10.6. The van der Waals surface area contributed by atoms with E-state index in [-0.39, 0.29) is 29.5 Å². The van der Waals surface area contributed by atoms with Gasteiger partial charge in [-0.25, -0.2) is 21.6 Å². The summed E-state index contributed by atoms with van der Waals surface area (Å²) >= 11 is 6.82. The van der Waals surface area contributed by atoms with Crippen molar-refractivity contribution in [3.8, 4) is 5.75 Å². The van der Waals surface area contributed by atoms with Gasteiger partial charge in [0.2, 0.25) is 5.91 Å². The fourth-order valence-electron chi connectivity index (χ4n) is 3.73. The maximum Gasteiger partial charge on any atom is 0.253 e. The quantitative estimate of drug-likeness (QED) is 0.411. The molecule has 0 saturated carbocycles. The molecule has 1 saturated heterocycles. The van der Waals surface area contributed by atoms with Gasteiger partial charge in [0.15, 0.2) is 17.5 Å². The van der Waals surface area contributed by atoms with Crippen LogP contribution >= 0.6 is 22.9 Å². The fourth-order valence-corrected chi connectivity index (χ4v) is 7.00. The Morgan fingerprint density at radius 2 is 1.94 bits per heavy atom. The Kier molecular flexibility index (Phi) is 7.70. The van der Waals surface area contributed by atoms with Crippen LogP contribution in [0, 0.1) is 17.5 Å². The Morgan fingerprint density at radius 3 is 2.69 bits per heavy atom. The van der Waals surface area contributed by atoms with Crippen LogP contribution in [0.5, 0.6) is 5.75 Å². The van der Waals surface area contributed by atoms with Crippen LogP contribution in [0.15, 0.2) is 52.7 Å². The molecule has 2 aromatic carbocycles. The van der Waals surface area contributed by atoms with E-state index in [1.54, 1.807) is 24.3 Å². The van der Waals surface area contributed by atoms with Gasteiger partial charge in [-0.2, -0.15) is 4.31 Å². The Labute approximate surface area is 209 Å². The van der Waals surface area contributed by atoms with Crippen LogP contribution in [-0.4, -0.2) is 31.2 Å². The number of amides is 1. The molecule has 0 radical (unpaired) electrons.